The highest BCUT2D eigenvalue weighted by molar-refractivity contribution is 9.11. The van der Waals surface area contributed by atoms with E-state index in [0.717, 1.165) is 13.1 Å². The third-order valence-electron chi connectivity index (χ3n) is 2.41. The first-order valence-corrected chi connectivity index (χ1v) is 7.41. The van der Waals surface area contributed by atoms with Crippen molar-refractivity contribution in [2.45, 2.75) is 12.5 Å². The van der Waals surface area contributed by atoms with Crippen LogP contribution in [0.3, 0.4) is 0 Å². The van der Waals surface area contributed by atoms with Crippen molar-refractivity contribution < 1.29 is 4.39 Å². The molecule has 17 heavy (non-hydrogen) atoms. The van der Waals surface area contributed by atoms with E-state index in [1.54, 1.807) is 17.4 Å². The first kappa shape index (κ1) is 13.2. The molecule has 2 N–H and O–H groups in total. The molecule has 1 nitrogen and oxygen atoms in total. The molecule has 1 atom stereocenters. The van der Waals surface area contributed by atoms with Crippen LogP contribution in [0.4, 0.5) is 4.39 Å². The summed E-state index contributed by atoms with van der Waals surface area (Å²) >= 11 is 8.26. The molecule has 0 radical (unpaired) electrons. The van der Waals surface area contributed by atoms with Gasteiger partial charge in [-0.3, -0.25) is 0 Å². The van der Waals surface area contributed by atoms with Gasteiger partial charge < -0.3 is 5.73 Å². The molecule has 0 amide bonds. The minimum atomic E-state index is -0.311. The number of rotatable bonds is 3. The van der Waals surface area contributed by atoms with Gasteiger partial charge in [-0.2, -0.15) is 0 Å². The summed E-state index contributed by atoms with van der Waals surface area (Å²) in [6.45, 7) is 0. The molecular weight excluding hydrogens is 369 g/mol. The van der Waals surface area contributed by atoms with Gasteiger partial charge in [0.05, 0.1) is 3.79 Å². The van der Waals surface area contributed by atoms with Crippen LogP contribution in [-0.4, -0.2) is 0 Å². The lowest BCUT2D eigenvalue weighted by molar-refractivity contribution is 0.581. The van der Waals surface area contributed by atoms with E-state index in [2.05, 4.69) is 31.9 Å². The SMILES string of the molecule is NC(Cc1ccc(Br)s1)c1ccc(Br)cc1F. The Bertz CT molecular complexity index is 527. The Kier molecular flexibility index (Phi) is 4.36. The minimum Gasteiger partial charge on any atom is -0.324 e. The van der Waals surface area contributed by atoms with Crippen LogP contribution in [0.15, 0.2) is 38.6 Å². The second-order valence-corrected chi connectivity index (χ2v) is 7.15. The largest absolute Gasteiger partial charge is 0.324 e. The van der Waals surface area contributed by atoms with Crippen LogP contribution in [0.5, 0.6) is 0 Å². The fraction of sp³-hybridized carbons (Fsp3) is 0.167. The molecule has 0 saturated carbocycles. The Hall–Kier alpha value is -0.230. The average molecular weight is 379 g/mol. The van der Waals surface area contributed by atoms with Crippen molar-refractivity contribution in [3.05, 3.63) is 54.8 Å². The average Bonchev–Trinajstić information content (AvgIpc) is 2.63. The molecule has 0 aliphatic heterocycles. The molecule has 2 rings (SSSR count). The van der Waals surface area contributed by atoms with E-state index in [4.69, 9.17) is 5.73 Å². The van der Waals surface area contributed by atoms with Crippen molar-refractivity contribution in [1.29, 1.82) is 0 Å². The summed E-state index contributed by atoms with van der Waals surface area (Å²) in [5, 5.41) is 0. The molecule has 0 bridgehead atoms. The molecule has 5 heteroatoms. The van der Waals surface area contributed by atoms with E-state index in [1.165, 1.54) is 6.07 Å². The molecule has 0 saturated heterocycles. The van der Waals surface area contributed by atoms with Crippen LogP contribution in [0, 0.1) is 5.82 Å². The van der Waals surface area contributed by atoms with Gasteiger partial charge in [-0.25, -0.2) is 4.39 Å². The Morgan fingerprint density at radius 3 is 2.59 bits per heavy atom. The van der Waals surface area contributed by atoms with Crippen LogP contribution < -0.4 is 5.73 Å². The summed E-state index contributed by atoms with van der Waals surface area (Å²) in [6, 6.07) is 8.65. The number of hydrogen-bond acceptors (Lipinski definition) is 2. The second-order valence-electron chi connectivity index (χ2n) is 3.68. The number of benzene rings is 1. The second kappa shape index (κ2) is 5.61. The summed E-state index contributed by atoms with van der Waals surface area (Å²) < 4.78 is 15.5. The predicted molar refractivity (Wildman–Crippen MR) is 76.8 cm³/mol. The van der Waals surface area contributed by atoms with E-state index in [1.807, 2.05) is 18.2 Å². The first-order chi connectivity index (χ1) is 8.06. The summed E-state index contributed by atoms with van der Waals surface area (Å²) in [5.41, 5.74) is 6.58. The number of thiophene rings is 1. The fourth-order valence-electron chi connectivity index (χ4n) is 1.59. The van der Waals surface area contributed by atoms with Gasteiger partial charge in [0.15, 0.2) is 0 Å². The van der Waals surface area contributed by atoms with Gasteiger partial charge in [0, 0.05) is 27.4 Å². The van der Waals surface area contributed by atoms with Crippen molar-refractivity contribution in [3.8, 4) is 0 Å². The Balaban J connectivity index is 2.17. The quantitative estimate of drug-likeness (QED) is 0.826. The smallest absolute Gasteiger partial charge is 0.129 e. The molecule has 0 fully saturated rings. The van der Waals surface area contributed by atoms with Crippen molar-refractivity contribution >= 4 is 43.2 Å². The molecule has 1 aromatic heterocycles. The van der Waals surface area contributed by atoms with Gasteiger partial charge in [-0.1, -0.05) is 22.0 Å². The van der Waals surface area contributed by atoms with Gasteiger partial charge in [-0.05, 0) is 40.2 Å². The van der Waals surface area contributed by atoms with Gasteiger partial charge >= 0.3 is 0 Å². The van der Waals surface area contributed by atoms with E-state index in [0.29, 0.717) is 12.0 Å². The van der Waals surface area contributed by atoms with Gasteiger partial charge in [0.1, 0.15) is 5.82 Å². The molecule has 0 aliphatic rings. The number of halogens is 3. The van der Waals surface area contributed by atoms with Crippen LogP contribution in [0.1, 0.15) is 16.5 Å². The zero-order valence-corrected chi connectivity index (χ0v) is 12.8. The lowest BCUT2D eigenvalue weighted by Gasteiger charge is -2.12. The Morgan fingerprint density at radius 2 is 2.00 bits per heavy atom. The molecular formula is C12H10Br2FNS. The van der Waals surface area contributed by atoms with Crippen molar-refractivity contribution in [1.82, 2.24) is 0 Å². The number of nitrogens with two attached hydrogens (primary N) is 1. The zero-order valence-electron chi connectivity index (χ0n) is 8.79. The lowest BCUT2D eigenvalue weighted by Crippen LogP contribution is -2.14. The molecule has 1 aromatic carbocycles. The monoisotopic (exact) mass is 377 g/mol. The van der Waals surface area contributed by atoms with Crippen LogP contribution in [0.2, 0.25) is 0 Å². The first-order valence-electron chi connectivity index (χ1n) is 5.01. The standard InChI is InChI=1S/C12H10Br2FNS/c13-7-1-3-9(10(15)5-7)11(16)6-8-2-4-12(14)17-8/h1-5,11H,6,16H2. The van der Waals surface area contributed by atoms with E-state index in [-0.39, 0.29) is 11.9 Å². The summed E-state index contributed by atoms with van der Waals surface area (Å²) in [5.74, 6) is -0.262. The Labute approximate surface area is 120 Å². The number of hydrogen-bond donors (Lipinski definition) is 1. The zero-order chi connectivity index (χ0) is 12.4. The molecule has 0 aliphatic carbocycles. The third-order valence-corrected chi connectivity index (χ3v) is 4.55. The van der Waals surface area contributed by atoms with Crippen LogP contribution in [0.25, 0.3) is 0 Å². The molecule has 0 spiro atoms. The molecule has 90 valence electrons. The molecule has 1 unspecified atom stereocenters. The lowest BCUT2D eigenvalue weighted by atomic mass is 10.0. The predicted octanol–water partition coefficient (Wildman–Crippen LogP) is 4.65. The van der Waals surface area contributed by atoms with Gasteiger partial charge in [0.25, 0.3) is 0 Å². The van der Waals surface area contributed by atoms with Crippen molar-refractivity contribution in [2.24, 2.45) is 5.73 Å². The van der Waals surface area contributed by atoms with Gasteiger partial charge in [0.2, 0.25) is 0 Å². The maximum atomic E-state index is 13.7. The summed E-state index contributed by atoms with van der Waals surface area (Å²) in [6.07, 6.45) is 0.648. The van der Waals surface area contributed by atoms with E-state index in [9.17, 15) is 4.39 Å². The summed E-state index contributed by atoms with van der Waals surface area (Å²) in [4.78, 5) is 1.15. The molecule has 2 aromatic rings. The molecule has 1 heterocycles. The van der Waals surface area contributed by atoms with Crippen LogP contribution in [-0.2, 0) is 6.42 Å². The third kappa shape index (κ3) is 3.37. The topological polar surface area (TPSA) is 26.0 Å². The van der Waals surface area contributed by atoms with Gasteiger partial charge in [-0.15, -0.1) is 11.3 Å². The summed E-state index contributed by atoms with van der Waals surface area (Å²) in [7, 11) is 0. The van der Waals surface area contributed by atoms with E-state index >= 15 is 0 Å². The van der Waals surface area contributed by atoms with Crippen molar-refractivity contribution in [2.75, 3.05) is 0 Å². The van der Waals surface area contributed by atoms with E-state index < -0.39 is 0 Å². The Morgan fingerprint density at radius 1 is 1.24 bits per heavy atom. The highest BCUT2D eigenvalue weighted by atomic mass is 79.9. The van der Waals surface area contributed by atoms with Crippen LogP contribution >= 0.6 is 43.2 Å². The minimum absolute atomic E-state index is 0.262. The maximum Gasteiger partial charge on any atom is 0.129 e. The highest BCUT2D eigenvalue weighted by Gasteiger charge is 2.13. The highest BCUT2D eigenvalue weighted by Crippen LogP contribution is 2.27. The normalized spacial score (nSPS) is 12.7. The fourth-order valence-corrected chi connectivity index (χ4v) is 3.46. The van der Waals surface area contributed by atoms with Crippen molar-refractivity contribution in [3.63, 3.8) is 0 Å². The maximum absolute atomic E-state index is 13.7.